The lowest BCUT2D eigenvalue weighted by atomic mass is 10.2. The van der Waals surface area contributed by atoms with Gasteiger partial charge in [-0.3, -0.25) is 4.98 Å². The molecule has 0 aliphatic carbocycles. The van der Waals surface area contributed by atoms with E-state index in [1.807, 2.05) is 17.5 Å². The number of benzene rings is 2. The molecule has 0 aliphatic heterocycles. The number of pyridine rings is 1. The topological polar surface area (TPSA) is 116 Å². The van der Waals surface area contributed by atoms with E-state index >= 15 is 0 Å². The lowest BCUT2D eigenvalue weighted by Crippen LogP contribution is -2.21. The average molecular weight is 642 g/mol. The van der Waals surface area contributed by atoms with Crippen molar-refractivity contribution in [2.75, 3.05) is 24.3 Å². The first kappa shape index (κ1) is 30.7. The summed E-state index contributed by atoms with van der Waals surface area (Å²) in [4.78, 5) is 18.0. The maximum Gasteiger partial charge on any atom is 0.154 e. The van der Waals surface area contributed by atoms with Crippen LogP contribution >= 0.6 is 22.9 Å². The van der Waals surface area contributed by atoms with Gasteiger partial charge in [0.2, 0.25) is 0 Å². The molecule has 0 fully saturated rings. The quantitative estimate of drug-likeness (QED) is 0.141. The molecule has 0 radical (unpaired) electrons. The van der Waals surface area contributed by atoms with Crippen molar-refractivity contribution in [2.45, 2.75) is 32.1 Å². The van der Waals surface area contributed by atoms with E-state index in [0.717, 1.165) is 10.4 Å². The van der Waals surface area contributed by atoms with Crippen LogP contribution in [-0.4, -0.2) is 52.6 Å². The van der Waals surface area contributed by atoms with Crippen LogP contribution in [0.25, 0.3) is 22.3 Å². The fourth-order valence-electron chi connectivity index (χ4n) is 4.03. The number of hydrogen-bond donors (Lipinski definition) is 1. The summed E-state index contributed by atoms with van der Waals surface area (Å²) in [5.74, 6) is 0.726. The SMILES string of the molecule is CC(C)S(=O)(=O)CCOCCc1nc(-c2cc3c(Nc4ccc(OCc5cccc(F)c5)c(Cl)c4)ncnc3cn2)cs1. The van der Waals surface area contributed by atoms with E-state index in [2.05, 4.69) is 25.3 Å². The summed E-state index contributed by atoms with van der Waals surface area (Å²) >= 11 is 7.97. The van der Waals surface area contributed by atoms with Gasteiger partial charge in [-0.25, -0.2) is 27.8 Å². The Kier molecular flexibility index (Phi) is 9.81. The Bertz CT molecular complexity index is 1830. The minimum atomic E-state index is -3.12. The normalized spacial score (nSPS) is 11.7. The van der Waals surface area contributed by atoms with Gasteiger partial charge >= 0.3 is 0 Å². The van der Waals surface area contributed by atoms with Crippen molar-refractivity contribution in [1.82, 2.24) is 19.9 Å². The van der Waals surface area contributed by atoms with Crippen LogP contribution in [0, 0.1) is 5.82 Å². The molecule has 0 saturated carbocycles. The summed E-state index contributed by atoms with van der Waals surface area (Å²) in [7, 11) is -3.12. The van der Waals surface area contributed by atoms with Gasteiger partial charge in [0, 0.05) is 22.9 Å². The summed E-state index contributed by atoms with van der Waals surface area (Å²) in [5, 5.41) is 6.81. The molecule has 0 saturated heterocycles. The second-order valence-electron chi connectivity index (χ2n) is 9.90. The Morgan fingerprint density at radius 2 is 1.91 bits per heavy atom. The van der Waals surface area contributed by atoms with Crippen LogP contribution in [0.3, 0.4) is 0 Å². The largest absolute Gasteiger partial charge is 0.487 e. The van der Waals surface area contributed by atoms with E-state index in [1.54, 1.807) is 44.3 Å². The highest BCUT2D eigenvalue weighted by molar-refractivity contribution is 7.92. The fraction of sp³-hybridized carbons (Fsp3) is 0.267. The lowest BCUT2D eigenvalue weighted by molar-refractivity contribution is 0.152. The van der Waals surface area contributed by atoms with Crippen molar-refractivity contribution in [2.24, 2.45) is 0 Å². The Morgan fingerprint density at radius 1 is 1.05 bits per heavy atom. The predicted octanol–water partition coefficient (Wildman–Crippen LogP) is 6.65. The Balaban J connectivity index is 1.24. The number of fused-ring (bicyclic) bond motifs is 1. The summed E-state index contributed by atoms with van der Waals surface area (Å²) < 4.78 is 48.6. The van der Waals surface area contributed by atoms with E-state index in [-0.39, 0.29) is 24.8 Å². The van der Waals surface area contributed by atoms with Crippen molar-refractivity contribution < 1.29 is 22.3 Å². The van der Waals surface area contributed by atoms with Crippen LogP contribution < -0.4 is 10.1 Å². The van der Waals surface area contributed by atoms with Crippen molar-refractivity contribution >= 4 is 55.2 Å². The molecule has 0 spiro atoms. The minimum Gasteiger partial charge on any atom is -0.487 e. The highest BCUT2D eigenvalue weighted by Gasteiger charge is 2.16. The van der Waals surface area contributed by atoms with Gasteiger partial charge < -0.3 is 14.8 Å². The van der Waals surface area contributed by atoms with Crippen LogP contribution in [0.1, 0.15) is 24.4 Å². The number of nitrogens with zero attached hydrogens (tertiary/aromatic N) is 4. The van der Waals surface area contributed by atoms with Crippen molar-refractivity contribution in [1.29, 1.82) is 0 Å². The van der Waals surface area contributed by atoms with E-state index < -0.39 is 15.1 Å². The Hall–Kier alpha value is -3.71. The molecule has 1 N–H and O–H groups in total. The molecule has 224 valence electrons. The molecule has 0 aliphatic rings. The van der Waals surface area contributed by atoms with Gasteiger partial charge in [0.1, 0.15) is 30.3 Å². The minimum absolute atomic E-state index is 0.00787. The van der Waals surface area contributed by atoms with Gasteiger partial charge in [-0.05, 0) is 55.8 Å². The molecule has 43 heavy (non-hydrogen) atoms. The van der Waals surface area contributed by atoms with E-state index in [9.17, 15) is 12.8 Å². The molecule has 0 unspecified atom stereocenters. The highest BCUT2D eigenvalue weighted by atomic mass is 35.5. The summed E-state index contributed by atoms with van der Waals surface area (Å²) in [6.45, 7) is 4.06. The third-order valence-corrected chi connectivity index (χ3v) is 9.88. The number of thiazole rings is 1. The summed E-state index contributed by atoms with van der Waals surface area (Å²) in [6, 6.07) is 13.4. The monoisotopic (exact) mass is 641 g/mol. The number of nitrogens with one attached hydrogen (secondary N) is 1. The summed E-state index contributed by atoms with van der Waals surface area (Å²) in [6.07, 6.45) is 3.70. The number of aromatic nitrogens is 4. The van der Waals surface area contributed by atoms with Crippen LogP contribution in [0.4, 0.5) is 15.9 Å². The molecule has 5 aromatic rings. The van der Waals surface area contributed by atoms with Crippen molar-refractivity contribution in [3.05, 3.63) is 87.8 Å². The molecule has 3 aromatic heterocycles. The maximum atomic E-state index is 13.5. The Labute approximate surface area is 258 Å². The van der Waals surface area contributed by atoms with Gasteiger partial charge in [-0.15, -0.1) is 11.3 Å². The molecule has 9 nitrogen and oxygen atoms in total. The second-order valence-corrected chi connectivity index (χ2v) is 13.9. The standard InChI is InChI=1S/C30H29ClFN5O4S2/c1-19(2)43(38,39)11-10-40-9-8-29-37-27(17-42-29)25-14-23-26(15-33-25)34-18-35-30(23)36-22-6-7-28(24(31)13-22)41-16-20-4-3-5-21(32)12-20/h3-7,12-15,17-19H,8-11,16H2,1-2H3,(H,34,35,36). The first-order chi connectivity index (χ1) is 20.7. The molecular weight excluding hydrogens is 613 g/mol. The third kappa shape index (κ3) is 8.02. The van der Waals surface area contributed by atoms with Gasteiger partial charge in [0.25, 0.3) is 0 Å². The van der Waals surface area contributed by atoms with Gasteiger partial charge in [0.15, 0.2) is 9.84 Å². The van der Waals surface area contributed by atoms with Gasteiger partial charge in [0.05, 0.1) is 57.3 Å². The third-order valence-electron chi connectivity index (χ3n) is 6.50. The molecule has 0 amide bonds. The van der Waals surface area contributed by atoms with E-state index in [1.165, 1.54) is 29.8 Å². The lowest BCUT2D eigenvalue weighted by Gasteiger charge is -2.12. The smallest absolute Gasteiger partial charge is 0.154 e. The highest BCUT2D eigenvalue weighted by Crippen LogP contribution is 2.32. The van der Waals surface area contributed by atoms with E-state index in [0.29, 0.717) is 57.8 Å². The molecule has 0 atom stereocenters. The number of hydrogen-bond acceptors (Lipinski definition) is 10. The Morgan fingerprint density at radius 3 is 2.70 bits per heavy atom. The average Bonchev–Trinajstić information content (AvgIpc) is 3.45. The fourth-order valence-corrected chi connectivity index (χ4v) is 5.86. The van der Waals surface area contributed by atoms with Crippen LogP contribution in [0.2, 0.25) is 5.02 Å². The number of ether oxygens (including phenoxy) is 2. The molecule has 13 heteroatoms. The van der Waals surface area contributed by atoms with Crippen LogP contribution in [0.15, 0.2) is 66.4 Å². The second kappa shape index (κ2) is 13.7. The van der Waals surface area contributed by atoms with Crippen LogP contribution in [0.5, 0.6) is 5.75 Å². The molecular formula is C30H29ClFN5O4S2. The maximum absolute atomic E-state index is 13.5. The summed E-state index contributed by atoms with van der Waals surface area (Å²) in [5.41, 5.74) is 3.42. The zero-order valence-corrected chi connectivity index (χ0v) is 25.8. The molecule has 5 rings (SSSR count). The first-order valence-electron chi connectivity index (χ1n) is 13.5. The molecule has 0 bridgehead atoms. The van der Waals surface area contributed by atoms with Gasteiger partial charge in [-0.1, -0.05) is 23.7 Å². The molecule has 3 heterocycles. The zero-order valence-electron chi connectivity index (χ0n) is 23.5. The zero-order chi connectivity index (χ0) is 30.4. The van der Waals surface area contributed by atoms with Crippen molar-refractivity contribution in [3.8, 4) is 17.1 Å². The number of rotatable bonds is 13. The predicted molar refractivity (Wildman–Crippen MR) is 167 cm³/mol. The van der Waals surface area contributed by atoms with Gasteiger partial charge in [-0.2, -0.15) is 0 Å². The number of sulfone groups is 1. The first-order valence-corrected chi connectivity index (χ1v) is 16.4. The number of anilines is 2. The van der Waals surface area contributed by atoms with Crippen molar-refractivity contribution in [3.63, 3.8) is 0 Å². The van der Waals surface area contributed by atoms with E-state index in [4.69, 9.17) is 21.1 Å². The van der Waals surface area contributed by atoms with Crippen LogP contribution in [-0.2, 0) is 27.6 Å². The molecule has 2 aromatic carbocycles. The number of halogens is 2.